The van der Waals surface area contributed by atoms with Crippen LogP contribution in [-0.4, -0.2) is 38.6 Å². The van der Waals surface area contributed by atoms with E-state index in [4.69, 9.17) is 28.3 Å². The molecule has 0 amide bonds. The Morgan fingerprint density at radius 3 is 2.67 bits per heavy atom. The third-order valence-electron chi connectivity index (χ3n) is 3.21. The number of nitrogens with one attached hydrogen (secondary N) is 2. The first kappa shape index (κ1) is 16.5. The van der Waals surface area contributed by atoms with Gasteiger partial charge in [0.1, 0.15) is 4.90 Å². The summed E-state index contributed by atoms with van der Waals surface area (Å²) in [5, 5.41) is 12.3. The zero-order valence-electron chi connectivity index (χ0n) is 10.8. The third-order valence-corrected chi connectivity index (χ3v) is 5.44. The summed E-state index contributed by atoms with van der Waals surface area (Å²) in [7, 11) is -3.83. The molecule has 0 bridgehead atoms. The highest BCUT2D eigenvalue weighted by Crippen LogP contribution is 2.25. The number of hydrogen-bond acceptors (Lipinski definition) is 4. The molecule has 1 aromatic rings. The second kappa shape index (κ2) is 6.50. The molecule has 3 N–H and O–H groups in total. The number of halogens is 2. The van der Waals surface area contributed by atoms with Gasteiger partial charge in [0.15, 0.2) is 0 Å². The van der Waals surface area contributed by atoms with Crippen molar-refractivity contribution in [3.8, 4) is 0 Å². The fourth-order valence-corrected chi connectivity index (χ4v) is 4.22. The molecule has 0 aromatic heterocycles. The molecule has 1 aromatic carbocycles. The number of hydrogen-bond donors (Lipinski definition) is 3. The number of carboxylic acid groups (broad SMARTS) is 1. The molecule has 116 valence electrons. The number of benzene rings is 1. The first-order valence-electron chi connectivity index (χ1n) is 6.20. The minimum atomic E-state index is -3.83. The number of sulfonamides is 1. The van der Waals surface area contributed by atoms with Crippen LogP contribution in [0.4, 0.5) is 0 Å². The van der Waals surface area contributed by atoms with Gasteiger partial charge in [-0.25, -0.2) is 13.1 Å². The van der Waals surface area contributed by atoms with Gasteiger partial charge < -0.3 is 10.4 Å². The molecule has 21 heavy (non-hydrogen) atoms. The second-order valence-corrected chi connectivity index (χ2v) is 7.35. The Bertz CT molecular complexity index is 651. The van der Waals surface area contributed by atoms with E-state index in [1.54, 1.807) is 0 Å². The van der Waals surface area contributed by atoms with Gasteiger partial charge in [0, 0.05) is 24.2 Å². The van der Waals surface area contributed by atoms with E-state index in [2.05, 4.69) is 10.0 Å². The lowest BCUT2D eigenvalue weighted by Crippen LogP contribution is -2.50. The maximum absolute atomic E-state index is 12.3. The lowest BCUT2D eigenvalue weighted by Gasteiger charge is -2.28. The number of carbonyl (C=O) groups is 1. The van der Waals surface area contributed by atoms with Crippen molar-refractivity contribution in [1.29, 1.82) is 0 Å². The van der Waals surface area contributed by atoms with E-state index in [-0.39, 0.29) is 16.3 Å². The SMILES string of the molecule is O=C(O)C1CNCC(NS(=O)(=O)c2ccc(Cl)cc2Cl)C1. The van der Waals surface area contributed by atoms with Gasteiger partial charge in [0.05, 0.1) is 10.9 Å². The van der Waals surface area contributed by atoms with Gasteiger partial charge in [-0.05, 0) is 24.6 Å². The third kappa shape index (κ3) is 4.08. The maximum atomic E-state index is 12.3. The fraction of sp³-hybridized carbons (Fsp3) is 0.417. The number of aliphatic carboxylic acids is 1. The van der Waals surface area contributed by atoms with Crippen molar-refractivity contribution in [2.24, 2.45) is 5.92 Å². The molecule has 2 unspecified atom stereocenters. The minimum absolute atomic E-state index is 0.0218. The van der Waals surface area contributed by atoms with E-state index in [0.29, 0.717) is 18.1 Å². The van der Waals surface area contributed by atoms with Gasteiger partial charge in [-0.3, -0.25) is 4.79 Å². The van der Waals surface area contributed by atoms with E-state index in [0.717, 1.165) is 0 Å². The van der Waals surface area contributed by atoms with Crippen molar-refractivity contribution in [2.45, 2.75) is 17.4 Å². The lowest BCUT2D eigenvalue weighted by atomic mass is 9.97. The zero-order valence-corrected chi connectivity index (χ0v) is 13.2. The Balaban J connectivity index is 2.15. The van der Waals surface area contributed by atoms with Crippen molar-refractivity contribution in [3.05, 3.63) is 28.2 Å². The normalized spacial score (nSPS) is 23.0. The van der Waals surface area contributed by atoms with Gasteiger partial charge >= 0.3 is 5.97 Å². The summed E-state index contributed by atoms with van der Waals surface area (Å²) in [5.74, 6) is -1.57. The molecule has 0 spiro atoms. The van der Waals surface area contributed by atoms with Crippen LogP contribution in [0.3, 0.4) is 0 Å². The van der Waals surface area contributed by atoms with Gasteiger partial charge in [0.25, 0.3) is 0 Å². The largest absolute Gasteiger partial charge is 0.481 e. The Morgan fingerprint density at radius 1 is 1.33 bits per heavy atom. The molecule has 1 aliphatic rings. The molecule has 6 nitrogen and oxygen atoms in total. The van der Waals surface area contributed by atoms with Crippen LogP contribution < -0.4 is 10.0 Å². The summed E-state index contributed by atoms with van der Waals surface area (Å²) in [4.78, 5) is 10.9. The van der Waals surface area contributed by atoms with Crippen molar-refractivity contribution in [1.82, 2.24) is 10.0 Å². The highest BCUT2D eigenvalue weighted by Gasteiger charge is 2.30. The van der Waals surface area contributed by atoms with Crippen LogP contribution in [0.5, 0.6) is 0 Å². The van der Waals surface area contributed by atoms with Crippen LogP contribution >= 0.6 is 23.2 Å². The first-order chi connectivity index (χ1) is 9.79. The zero-order chi connectivity index (χ0) is 15.6. The molecule has 0 radical (unpaired) electrons. The highest BCUT2D eigenvalue weighted by molar-refractivity contribution is 7.89. The van der Waals surface area contributed by atoms with Gasteiger partial charge in [-0.2, -0.15) is 0 Å². The molecular weight excluding hydrogens is 339 g/mol. The van der Waals surface area contributed by atoms with E-state index in [9.17, 15) is 13.2 Å². The molecule has 0 saturated carbocycles. The summed E-state index contributed by atoms with van der Waals surface area (Å²) >= 11 is 11.6. The Labute approximate surface area is 132 Å². The van der Waals surface area contributed by atoms with Crippen LogP contribution in [0, 0.1) is 5.92 Å². The predicted molar refractivity (Wildman–Crippen MR) is 79.2 cm³/mol. The molecule has 2 atom stereocenters. The molecular formula is C12H14Cl2N2O4S. The molecule has 1 aliphatic heterocycles. The van der Waals surface area contributed by atoms with E-state index in [1.807, 2.05) is 0 Å². The smallest absolute Gasteiger partial charge is 0.307 e. The molecule has 9 heteroatoms. The second-order valence-electron chi connectivity index (χ2n) is 4.82. The molecule has 1 fully saturated rings. The summed E-state index contributed by atoms with van der Waals surface area (Å²) < 4.78 is 27.1. The average molecular weight is 353 g/mol. The van der Waals surface area contributed by atoms with Gasteiger partial charge in [-0.1, -0.05) is 23.2 Å². The number of piperidine rings is 1. The Morgan fingerprint density at radius 2 is 2.05 bits per heavy atom. The van der Waals surface area contributed by atoms with Crippen LogP contribution in [0.2, 0.25) is 10.0 Å². The van der Waals surface area contributed by atoms with E-state index >= 15 is 0 Å². The quantitative estimate of drug-likeness (QED) is 0.759. The van der Waals surface area contributed by atoms with Crippen LogP contribution in [0.25, 0.3) is 0 Å². The standard InChI is InChI=1S/C12H14Cl2N2O4S/c13-8-1-2-11(10(14)4-8)21(19,20)16-9-3-7(12(17)18)5-15-6-9/h1-2,4,7,9,15-16H,3,5-6H2,(H,17,18). The van der Waals surface area contributed by atoms with Crippen molar-refractivity contribution in [3.63, 3.8) is 0 Å². The lowest BCUT2D eigenvalue weighted by molar-refractivity contribution is -0.142. The van der Waals surface area contributed by atoms with Gasteiger partial charge in [-0.15, -0.1) is 0 Å². The van der Waals surface area contributed by atoms with E-state index < -0.39 is 28.0 Å². The van der Waals surface area contributed by atoms with Crippen LogP contribution in [0.15, 0.2) is 23.1 Å². The monoisotopic (exact) mass is 352 g/mol. The molecule has 2 rings (SSSR count). The maximum Gasteiger partial charge on any atom is 0.307 e. The molecule has 0 aliphatic carbocycles. The van der Waals surface area contributed by atoms with Crippen LogP contribution in [0.1, 0.15) is 6.42 Å². The van der Waals surface area contributed by atoms with Crippen molar-refractivity contribution in [2.75, 3.05) is 13.1 Å². The van der Waals surface area contributed by atoms with E-state index in [1.165, 1.54) is 18.2 Å². The number of carboxylic acids is 1. The van der Waals surface area contributed by atoms with Crippen LogP contribution in [-0.2, 0) is 14.8 Å². The molecule has 1 heterocycles. The highest BCUT2D eigenvalue weighted by atomic mass is 35.5. The first-order valence-corrected chi connectivity index (χ1v) is 8.44. The van der Waals surface area contributed by atoms with Crippen molar-refractivity contribution >= 4 is 39.2 Å². The Kier molecular flexibility index (Phi) is 5.11. The van der Waals surface area contributed by atoms with Crippen molar-refractivity contribution < 1.29 is 18.3 Å². The topological polar surface area (TPSA) is 95.5 Å². The van der Waals surface area contributed by atoms with Gasteiger partial charge in [0.2, 0.25) is 10.0 Å². The summed E-state index contributed by atoms with van der Waals surface area (Å²) in [6.07, 6.45) is 0.229. The average Bonchev–Trinajstić information content (AvgIpc) is 2.37. The minimum Gasteiger partial charge on any atom is -0.481 e. The Hall–Kier alpha value is -0.860. The predicted octanol–water partition coefficient (Wildman–Crippen LogP) is 1.33. The number of rotatable bonds is 4. The summed E-state index contributed by atoms with van der Waals surface area (Å²) in [6.45, 7) is 0.698. The fourth-order valence-electron chi connectivity index (χ4n) is 2.20. The summed E-state index contributed by atoms with van der Waals surface area (Å²) in [6, 6.07) is 3.59. The molecule has 1 saturated heterocycles. The summed E-state index contributed by atoms with van der Waals surface area (Å²) in [5.41, 5.74) is 0.